The smallest absolute Gasteiger partial charge is 0.313 e. The van der Waals surface area contributed by atoms with Crippen LogP contribution >= 0.6 is 0 Å². The molecule has 3 aromatic rings. The topological polar surface area (TPSA) is 89.0 Å². The maximum Gasteiger partial charge on any atom is 0.313 e. The highest BCUT2D eigenvalue weighted by molar-refractivity contribution is 6.00. The molecule has 7 nitrogen and oxygen atoms in total. The van der Waals surface area contributed by atoms with Crippen LogP contribution in [0, 0.1) is 0 Å². The van der Waals surface area contributed by atoms with Crippen LogP contribution in [0.2, 0.25) is 0 Å². The molecule has 2 atom stereocenters. The third kappa shape index (κ3) is 3.59. The Bertz CT molecular complexity index is 1120. The zero-order chi connectivity index (χ0) is 22.0. The second kappa shape index (κ2) is 8.47. The molecule has 2 unspecified atom stereocenters. The number of carbonyl (C=O) groups excluding carboxylic acids is 1. The number of amides is 1. The maximum atomic E-state index is 13.6. The largest absolute Gasteiger partial charge is 0.493 e. The Balaban J connectivity index is 1.95. The number of ether oxygens (including phenoxy) is 2. The van der Waals surface area contributed by atoms with E-state index in [-0.39, 0.29) is 12.5 Å². The zero-order valence-electron chi connectivity index (χ0n) is 17.2. The summed E-state index contributed by atoms with van der Waals surface area (Å²) in [5.41, 5.74) is 2.08. The molecule has 158 valence electrons. The molecule has 0 aliphatic carbocycles. The lowest BCUT2D eigenvalue weighted by Gasteiger charge is -2.41. The van der Waals surface area contributed by atoms with E-state index in [0.717, 1.165) is 0 Å². The Morgan fingerprint density at radius 3 is 2.42 bits per heavy atom. The van der Waals surface area contributed by atoms with Crippen molar-refractivity contribution in [3.8, 4) is 11.5 Å². The van der Waals surface area contributed by atoms with Crippen molar-refractivity contribution in [2.24, 2.45) is 0 Å². The Morgan fingerprint density at radius 1 is 1.00 bits per heavy atom. The van der Waals surface area contributed by atoms with E-state index in [1.165, 1.54) is 14.2 Å². The molecule has 1 amide bonds. The number of methoxy groups -OCH3 is 2. The van der Waals surface area contributed by atoms with Gasteiger partial charge in [-0.1, -0.05) is 36.4 Å². The van der Waals surface area contributed by atoms with E-state index in [4.69, 9.17) is 9.47 Å². The van der Waals surface area contributed by atoms with E-state index < -0.39 is 17.9 Å². The van der Waals surface area contributed by atoms with Crippen LogP contribution in [0.3, 0.4) is 0 Å². The van der Waals surface area contributed by atoms with E-state index in [0.29, 0.717) is 33.9 Å². The van der Waals surface area contributed by atoms with Gasteiger partial charge >= 0.3 is 5.97 Å². The lowest BCUT2D eigenvalue weighted by atomic mass is 9.79. The summed E-state index contributed by atoms with van der Waals surface area (Å²) < 4.78 is 11.0. The quantitative estimate of drug-likeness (QED) is 0.657. The predicted molar refractivity (Wildman–Crippen MR) is 113 cm³/mol. The monoisotopic (exact) mass is 418 g/mol. The van der Waals surface area contributed by atoms with Gasteiger partial charge in [0.2, 0.25) is 0 Å². The molecule has 2 aromatic carbocycles. The van der Waals surface area contributed by atoms with E-state index >= 15 is 0 Å². The number of aliphatic carboxylic acids is 1. The molecule has 1 aliphatic heterocycles. The second-order valence-corrected chi connectivity index (χ2v) is 7.18. The molecule has 1 aromatic heterocycles. The first-order valence-electron chi connectivity index (χ1n) is 9.80. The number of carboxylic acid groups (broad SMARTS) is 1. The van der Waals surface area contributed by atoms with Gasteiger partial charge in [-0.25, -0.2) is 0 Å². The van der Waals surface area contributed by atoms with Gasteiger partial charge < -0.3 is 19.5 Å². The van der Waals surface area contributed by atoms with Gasteiger partial charge in [0.05, 0.1) is 32.5 Å². The summed E-state index contributed by atoms with van der Waals surface area (Å²) in [6, 6.07) is 16.7. The highest BCUT2D eigenvalue weighted by atomic mass is 16.5. The molecule has 7 heteroatoms. The SMILES string of the molecule is COc1cccc(C2C(C(=O)O)c3ccccc3C(=O)N2Cc2ccccn2)c1OC. The number of benzene rings is 2. The number of carboxylic acids is 1. The van der Waals surface area contributed by atoms with Crippen LogP contribution < -0.4 is 9.47 Å². The number of aromatic nitrogens is 1. The minimum atomic E-state index is -1.03. The fourth-order valence-electron chi connectivity index (χ4n) is 4.19. The van der Waals surface area contributed by atoms with Gasteiger partial charge in [-0.15, -0.1) is 0 Å². The van der Waals surface area contributed by atoms with Crippen LogP contribution in [-0.4, -0.2) is 41.1 Å². The molecular weight excluding hydrogens is 396 g/mol. The number of rotatable bonds is 6. The average Bonchev–Trinajstić information content (AvgIpc) is 2.80. The Kier molecular flexibility index (Phi) is 5.58. The fourth-order valence-corrected chi connectivity index (χ4v) is 4.19. The van der Waals surface area contributed by atoms with Gasteiger partial charge in [0.25, 0.3) is 5.91 Å². The first-order valence-corrected chi connectivity index (χ1v) is 9.80. The number of hydrogen-bond donors (Lipinski definition) is 1. The normalized spacial score (nSPS) is 17.7. The van der Waals surface area contributed by atoms with E-state index in [9.17, 15) is 14.7 Å². The Labute approximate surface area is 179 Å². The summed E-state index contributed by atoms with van der Waals surface area (Å²) in [4.78, 5) is 32.0. The lowest BCUT2D eigenvalue weighted by molar-refractivity contribution is -0.140. The van der Waals surface area contributed by atoms with E-state index in [2.05, 4.69) is 4.98 Å². The molecular formula is C24H22N2O5. The fraction of sp³-hybridized carbons (Fsp3) is 0.208. The number of para-hydroxylation sites is 1. The van der Waals surface area contributed by atoms with Gasteiger partial charge in [0.1, 0.15) is 5.92 Å². The number of fused-ring (bicyclic) bond motifs is 1. The first kappa shape index (κ1) is 20.4. The molecule has 31 heavy (non-hydrogen) atoms. The summed E-state index contributed by atoms with van der Waals surface area (Å²) in [6.45, 7) is 0.156. The molecule has 0 bridgehead atoms. The molecule has 4 rings (SSSR count). The molecule has 0 saturated heterocycles. The third-order valence-corrected chi connectivity index (χ3v) is 5.52. The van der Waals surface area contributed by atoms with Crippen LogP contribution in [0.5, 0.6) is 11.5 Å². The average molecular weight is 418 g/mol. The van der Waals surface area contributed by atoms with Crippen molar-refractivity contribution in [1.29, 1.82) is 0 Å². The summed E-state index contributed by atoms with van der Waals surface area (Å²) in [5, 5.41) is 10.3. The van der Waals surface area contributed by atoms with Gasteiger partial charge in [-0.05, 0) is 29.8 Å². The van der Waals surface area contributed by atoms with E-state index in [1.807, 2.05) is 12.1 Å². The lowest BCUT2D eigenvalue weighted by Crippen LogP contribution is -2.44. The molecule has 1 aliphatic rings. The molecule has 2 heterocycles. The van der Waals surface area contributed by atoms with Gasteiger partial charge in [0, 0.05) is 17.3 Å². The predicted octanol–water partition coefficient (Wildman–Crippen LogP) is 3.66. The minimum Gasteiger partial charge on any atom is -0.493 e. The first-order chi connectivity index (χ1) is 15.1. The number of hydrogen-bond acceptors (Lipinski definition) is 5. The van der Waals surface area contributed by atoms with Gasteiger partial charge in [0.15, 0.2) is 11.5 Å². The third-order valence-electron chi connectivity index (χ3n) is 5.52. The van der Waals surface area contributed by atoms with Crippen molar-refractivity contribution >= 4 is 11.9 Å². The number of nitrogens with zero attached hydrogens (tertiary/aromatic N) is 2. The maximum absolute atomic E-state index is 13.6. The molecule has 1 N–H and O–H groups in total. The van der Waals surface area contributed by atoms with Crippen molar-refractivity contribution in [2.45, 2.75) is 18.5 Å². The molecule has 0 radical (unpaired) electrons. The van der Waals surface area contributed by atoms with Crippen molar-refractivity contribution in [3.63, 3.8) is 0 Å². The van der Waals surface area contributed by atoms with E-state index in [1.54, 1.807) is 59.6 Å². The zero-order valence-corrected chi connectivity index (χ0v) is 17.2. The molecule has 0 spiro atoms. The highest BCUT2D eigenvalue weighted by Crippen LogP contribution is 2.48. The van der Waals surface area contributed by atoms with Crippen molar-refractivity contribution < 1.29 is 24.2 Å². The number of pyridine rings is 1. The summed E-state index contributed by atoms with van der Waals surface area (Å²) in [5.74, 6) is -1.40. The Hall–Kier alpha value is -3.87. The van der Waals surface area contributed by atoms with Crippen LogP contribution in [0.25, 0.3) is 0 Å². The summed E-state index contributed by atoms with van der Waals surface area (Å²) in [6.07, 6.45) is 1.65. The second-order valence-electron chi connectivity index (χ2n) is 7.18. The molecule has 0 fully saturated rings. The number of carbonyl (C=O) groups is 2. The van der Waals surface area contributed by atoms with Crippen LogP contribution in [-0.2, 0) is 11.3 Å². The summed E-state index contributed by atoms with van der Waals surface area (Å²) in [7, 11) is 3.02. The van der Waals surface area contributed by atoms with Gasteiger partial charge in [-0.2, -0.15) is 0 Å². The highest BCUT2D eigenvalue weighted by Gasteiger charge is 2.45. The van der Waals surface area contributed by atoms with Crippen molar-refractivity contribution in [1.82, 2.24) is 9.88 Å². The van der Waals surface area contributed by atoms with Gasteiger partial charge in [-0.3, -0.25) is 14.6 Å². The van der Waals surface area contributed by atoms with Crippen molar-refractivity contribution in [2.75, 3.05) is 14.2 Å². The van der Waals surface area contributed by atoms with Crippen molar-refractivity contribution in [3.05, 3.63) is 89.2 Å². The summed E-state index contributed by atoms with van der Waals surface area (Å²) >= 11 is 0. The van der Waals surface area contributed by atoms with Crippen LogP contribution in [0.4, 0.5) is 0 Å². The van der Waals surface area contributed by atoms with Crippen LogP contribution in [0.1, 0.15) is 39.1 Å². The standard InChI is InChI=1S/C24H22N2O5/c1-30-19-12-7-11-18(22(19)31-2)21-20(24(28)29)16-9-3-4-10-17(16)23(27)26(21)14-15-8-5-6-13-25-15/h3-13,20-21H,14H2,1-2H3,(H,28,29). The minimum absolute atomic E-state index is 0.156. The molecule has 0 saturated carbocycles. The Morgan fingerprint density at radius 2 is 1.74 bits per heavy atom. The van der Waals surface area contributed by atoms with Crippen LogP contribution in [0.15, 0.2) is 66.9 Å².